The Labute approximate surface area is 104 Å². The van der Waals surface area contributed by atoms with Crippen molar-refractivity contribution in [3.63, 3.8) is 0 Å². The minimum Gasteiger partial charge on any atom is -0.347 e. The summed E-state index contributed by atoms with van der Waals surface area (Å²) in [6.07, 6.45) is 1.00. The Morgan fingerprint density at radius 3 is 2.50 bits per heavy atom. The van der Waals surface area contributed by atoms with Crippen LogP contribution in [0.25, 0.3) is 0 Å². The van der Waals surface area contributed by atoms with Gasteiger partial charge in [-0.1, -0.05) is 0 Å². The molecule has 1 fully saturated rings. The molecule has 0 aromatic carbocycles. The molecule has 0 spiro atoms. The first kappa shape index (κ1) is 13.4. The third kappa shape index (κ3) is 3.25. The Balaban J connectivity index is 1.80. The number of imidazole rings is 1. The number of nitrogens with one attached hydrogen (secondary N) is 2. The van der Waals surface area contributed by atoms with Crippen LogP contribution in [-0.2, 0) is 0 Å². The van der Waals surface area contributed by atoms with Crippen LogP contribution in [-0.4, -0.2) is 22.2 Å². The van der Waals surface area contributed by atoms with Gasteiger partial charge < -0.3 is 10.3 Å². The predicted molar refractivity (Wildman–Crippen MR) is 61.9 cm³/mol. The van der Waals surface area contributed by atoms with Gasteiger partial charge in [0.15, 0.2) is 0 Å². The van der Waals surface area contributed by atoms with E-state index in [1.165, 1.54) is 0 Å². The molecule has 1 aliphatic rings. The van der Waals surface area contributed by atoms with Gasteiger partial charge in [-0.2, -0.15) is 13.2 Å². The fourth-order valence-corrected chi connectivity index (χ4v) is 2.53. The number of nitrogens with zero attached hydrogens (tertiary/aromatic N) is 1. The van der Waals surface area contributed by atoms with Gasteiger partial charge in [-0.3, -0.25) is 0 Å². The highest BCUT2D eigenvalue weighted by molar-refractivity contribution is 4.95. The second-order valence-corrected chi connectivity index (χ2v) is 4.95. The zero-order valence-electron chi connectivity index (χ0n) is 10.3. The molecule has 1 saturated carbocycles. The molecular formula is C12H18F3N3. The molecule has 2 N–H and O–H groups in total. The summed E-state index contributed by atoms with van der Waals surface area (Å²) in [5.41, 5.74) is 0. The van der Waals surface area contributed by atoms with Crippen LogP contribution in [0.1, 0.15) is 44.5 Å². The second-order valence-electron chi connectivity index (χ2n) is 4.95. The van der Waals surface area contributed by atoms with Crippen molar-refractivity contribution in [3.05, 3.63) is 18.2 Å². The highest BCUT2D eigenvalue weighted by Crippen LogP contribution is 2.37. The van der Waals surface area contributed by atoms with E-state index < -0.39 is 12.1 Å². The number of H-pyrrole nitrogens is 1. The third-order valence-electron chi connectivity index (χ3n) is 3.61. The Hall–Kier alpha value is -1.04. The van der Waals surface area contributed by atoms with Gasteiger partial charge in [-0.25, -0.2) is 4.98 Å². The molecule has 2 rings (SSSR count). The maximum Gasteiger partial charge on any atom is 0.391 e. The van der Waals surface area contributed by atoms with Gasteiger partial charge in [-0.15, -0.1) is 0 Å². The number of halogens is 3. The number of alkyl halides is 3. The molecule has 0 bridgehead atoms. The summed E-state index contributed by atoms with van der Waals surface area (Å²) >= 11 is 0. The Morgan fingerprint density at radius 1 is 1.33 bits per heavy atom. The minimum atomic E-state index is -4.03. The van der Waals surface area contributed by atoms with Gasteiger partial charge in [-0.05, 0) is 32.6 Å². The van der Waals surface area contributed by atoms with E-state index in [0.29, 0.717) is 12.8 Å². The fraction of sp³-hybridized carbons (Fsp3) is 0.750. The Kier molecular flexibility index (Phi) is 3.94. The van der Waals surface area contributed by atoms with Gasteiger partial charge in [0.25, 0.3) is 0 Å². The lowest BCUT2D eigenvalue weighted by Crippen LogP contribution is -2.38. The largest absolute Gasteiger partial charge is 0.391 e. The summed E-state index contributed by atoms with van der Waals surface area (Å²) in [5.74, 6) is -0.289. The molecule has 1 atom stereocenters. The van der Waals surface area contributed by atoms with Crippen LogP contribution in [0.5, 0.6) is 0 Å². The molecule has 1 aliphatic carbocycles. The van der Waals surface area contributed by atoms with Crippen molar-refractivity contribution in [3.8, 4) is 0 Å². The van der Waals surface area contributed by atoms with Crippen molar-refractivity contribution in [2.75, 3.05) is 0 Å². The maximum atomic E-state index is 12.5. The minimum absolute atomic E-state index is 0.0486. The summed E-state index contributed by atoms with van der Waals surface area (Å²) < 4.78 is 37.6. The van der Waals surface area contributed by atoms with E-state index in [2.05, 4.69) is 15.3 Å². The molecule has 1 aromatic rings. The lowest BCUT2D eigenvalue weighted by Gasteiger charge is -2.31. The summed E-state index contributed by atoms with van der Waals surface area (Å²) in [5, 5.41) is 3.33. The fourth-order valence-electron chi connectivity index (χ4n) is 2.53. The van der Waals surface area contributed by atoms with Gasteiger partial charge in [0.2, 0.25) is 0 Å². The quantitative estimate of drug-likeness (QED) is 0.877. The van der Waals surface area contributed by atoms with Gasteiger partial charge >= 0.3 is 6.18 Å². The molecule has 0 radical (unpaired) electrons. The van der Waals surface area contributed by atoms with Gasteiger partial charge in [0, 0.05) is 18.4 Å². The number of hydrogen-bond acceptors (Lipinski definition) is 2. The van der Waals surface area contributed by atoms with Crippen molar-refractivity contribution >= 4 is 0 Å². The lowest BCUT2D eigenvalue weighted by atomic mass is 9.85. The van der Waals surface area contributed by atoms with E-state index in [4.69, 9.17) is 0 Å². The Bertz CT molecular complexity index is 353. The van der Waals surface area contributed by atoms with Crippen molar-refractivity contribution in [2.24, 2.45) is 5.92 Å². The summed E-state index contributed by atoms with van der Waals surface area (Å²) in [4.78, 5) is 7.14. The van der Waals surface area contributed by atoms with E-state index in [0.717, 1.165) is 5.82 Å². The van der Waals surface area contributed by atoms with E-state index in [9.17, 15) is 13.2 Å². The normalized spacial score (nSPS) is 27.1. The smallest absolute Gasteiger partial charge is 0.347 e. The number of hydrogen-bond donors (Lipinski definition) is 2. The first-order valence-corrected chi connectivity index (χ1v) is 6.29. The molecule has 102 valence electrons. The van der Waals surface area contributed by atoms with Crippen LogP contribution in [0.2, 0.25) is 0 Å². The van der Waals surface area contributed by atoms with E-state index in [1.807, 2.05) is 6.92 Å². The van der Waals surface area contributed by atoms with E-state index >= 15 is 0 Å². The zero-order valence-corrected chi connectivity index (χ0v) is 10.3. The molecular weight excluding hydrogens is 243 g/mol. The molecule has 6 heteroatoms. The Morgan fingerprint density at radius 2 is 2.00 bits per heavy atom. The highest BCUT2D eigenvalue weighted by Gasteiger charge is 2.41. The highest BCUT2D eigenvalue weighted by atomic mass is 19.4. The molecule has 0 aliphatic heterocycles. The molecule has 18 heavy (non-hydrogen) atoms. The average Bonchev–Trinajstić information content (AvgIpc) is 2.82. The summed E-state index contributed by atoms with van der Waals surface area (Å²) in [7, 11) is 0. The second kappa shape index (κ2) is 5.30. The third-order valence-corrected chi connectivity index (χ3v) is 3.61. The topological polar surface area (TPSA) is 40.7 Å². The average molecular weight is 261 g/mol. The summed E-state index contributed by atoms with van der Waals surface area (Å²) in [6.45, 7) is 1.97. The van der Waals surface area contributed by atoms with Crippen LogP contribution in [0.3, 0.4) is 0 Å². The monoisotopic (exact) mass is 261 g/mol. The van der Waals surface area contributed by atoms with Crippen LogP contribution in [0, 0.1) is 5.92 Å². The van der Waals surface area contributed by atoms with Crippen LogP contribution in [0.4, 0.5) is 13.2 Å². The molecule has 3 nitrogen and oxygen atoms in total. The number of rotatable bonds is 3. The molecule has 1 aromatic heterocycles. The van der Waals surface area contributed by atoms with E-state index in [1.54, 1.807) is 12.4 Å². The van der Waals surface area contributed by atoms with Crippen molar-refractivity contribution in [1.29, 1.82) is 0 Å². The van der Waals surface area contributed by atoms with Crippen molar-refractivity contribution < 1.29 is 13.2 Å². The SMILES string of the molecule is CC(NC1CCC(C(F)(F)F)CC1)c1ncc[nH]1. The van der Waals surface area contributed by atoms with Gasteiger partial charge in [0.05, 0.1) is 12.0 Å². The first-order chi connectivity index (χ1) is 8.47. The summed E-state index contributed by atoms with van der Waals surface area (Å²) in [6, 6.07) is 0.205. The first-order valence-electron chi connectivity index (χ1n) is 6.29. The standard InChI is InChI=1S/C12H18F3N3/c1-8(11-16-6-7-17-11)18-10-4-2-9(3-5-10)12(13,14)15/h6-10,18H,2-5H2,1H3,(H,16,17). The van der Waals surface area contributed by atoms with Crippen molar-refractivity contribution in [1.82, 2.24) is 15.3 Å². The van der Waals surface area contributed by atoms with Crippen LogP contribution in [0.15, 0.2) is 12.4 Å². The molecule has 1 unspecified atom stereocenters. The van der Waals surface area contributed by atoms with Crippen LogP contribution < -0.4 is 5.32 Å². The maximum absolute atomic E-state index is 12.5. The number of aromatic amines is 1. The van der Waals surface area contributed by atoms with Crippen molar-refractivity contribution in [2.45, 2.75) is 50.9 Å². The molecule has 1 heterocycles. The zero-order chi connectivity index (χ0) is 13.2. The number of aromatic nitrogens is 2. The van der Waals surface area contributed by atoms with E-state index in [-0.39, 0.29) is 24.9 Å². The van der Waals surface area contributed by atoms with Crippen LogP contribution >= 0.6 is 0 Å². The predicted octanol–water partition coefficient (Wildman–Crippen LogP) is 3.18. The van der Waals surface area contributed by atoms with Gasteiger partial charge in [0.1, 0.15) is 5.82 Å². The molecule has 0 saturated heterocycles. The molecule has 0 amide bonds. The lowest BCUT2D eigenvalue weighted by molar-refractivity contribution is -0.182.